The summed E-state index contributed by atoms with van der Waals surface area (Å²) < 4.78 is 80.3. The summed E-state index contributed by atoms with van der Waals surface area (Å²) in [5.74, 6) is -0.488. The lowest BCUT2D eigenvalue weighted by Gasteiger charge is -2.36. The van der Waals surface area contributed by atoms with Crippen LogP contribution in [0.5, 0.6) is 5.75 Å². The Labute approximate surface area is 230 Å². The second kappa shape index (κ2) is 11.1. The summed E-state index contributed by atoms with van der Waals surface area (Å²) in [5.41, 5.74) is 0.888. The van der Waals surface area contributed by atoms with Crippen LogP contribution in [0.3, 0.4) is 0 Å². The summed E-state index contributed by atoms with van der Waals surface area (Å²) in [6, 6.07) is 10.9. The van der Waals surface area contributed by atoms with Crippen molar-refractivity contribution < 1.29 is 35.9 Å². The number of carbonyl (C=O) groups is 1. The second-order valence-electron chi connectivity index (χ2n) is 9.36. The number of nitrogens with zero attached hydrogens (tertiary/aromatic N) is 5. The van der Waals surface area contributed by atoms with E-state index in [2.05, 4.69) is 19.5 Å². The number of halogens is 6. The molecule has 3 aromatic rings. The van der Waals surface area contributed by atoms with Crippen molar-refractivity contribution in [3.63, 3.8) is 0 Å². The van der Waals surface area contributed by atoms with Crippen molar-refractivity contribution in [2.75, 3.05) is 67.1 Å². The largest absolute Gasteiger partial charge is 0.573 e. The molecule has 0 saturated carbocycles. The molecule has 0 aliphatic carbocycles. The monoisotopic (exact) mass is 585 g/mol. The lowest BCUT2D eigenvalue weighted by Crippen LogP contribution is -2.49. The molecule has 1 aromatic heterocycles. The maximum absolute atomic E-state index is 13.1. The van der Waals surface area contributed by atoms with Crippen molar-refractivity contribution in [1.82, 2.24) is 9.88 Å². The third kappa shape index (κ3) is 6.54. The van der Waals surface area contributed by atoms with Gasteiger partial charge in [-0.2, -0.15) is 13.2 Å². The van der Waals surface area contributed by atoms with Gasteiger partial charge in [0.25, 0.3) is 5.91 Å². The van der Waals surface area contributed by atoms with Crippen molar-refractivity contribution in [3.05, 3.63) is 65.2 Å². The van der Waals surface area contributed by atoms with E-state index >= 15 is 0 Å². The molecule has 2 saturated heterocycles. The molecule has 0 atom stereocenters. The molecule has 2 aliphatic heterocycles. The highest BCUT2D eigenvalue weighted by atomic mass is 32.1. The zero-order valence-electron chi connectivity index (χ0n) is 21.1. The van der Waals surface area contributed by atoms with Crippen LogP contribution in [0.25, 0.3) is 0 Å². The molecule has 0 bridgehead atoms. The van der Waals surface area contributed by atoms with Gasteiger partial charge >= 0.3 is 12.5 Å². The second-order valence-corrected chi connectivity index (χ2v) is 10.2. The van der Waals surface area contributed by atoms with Crippen LogP contribution in [0.2, 0.25) is 0 Å². The molecule has 14 heteroatoms. The summed E-state index contributed by atoms with van der Waals surface area (Å²) in [7, 11) is 0. The standard InChI is InChI=1S/C26H25F6N5O2S/c27-25(28,29)18-2-1-3-20(16-18)35-8-12-36(13-9-35)23(38)22-17-40-24(33-22)37-14-10-34(11-15-37)19-4-6-21(7-5-19)39-26(30,31)32/h1-7,16-17H,8-15H2. The first-order valence-electron chi connectivity index (χ1n) is 12.5. The van der Waals surface area contributed by atoms with Crippen LogP contribution < -0.4 is 19.4 Å². The summed E-state index contributed by atoms with van der Waals surface area (Å²) in [6.45, 7) is 4.06. The van der Waals surface area contributed by atoms with Crippen molar-refractivity contribution in [2.45, 2.75) is 12.5 Å². The molecule has 2 aliphatic rings. The van der Waals surface area contributed by atoms with Gasteiger partial charge in [0, 0.05) is 69.1 Å². The van der Waals surface area contributed by atoms with Gasteiger partial charge in [0.15, 0.2) is 5.13 Å². The van der Waals surface area contributed by atoms with E-state index in [1.54, 1.807) is 28.5 Å². The minimum atomic E-state index is -4.73. The van der Waals surface area contributed by atoms with Crippen LogP contribution >= 0.6 is 11.3 Å². The zero-order valence-corrected chi connectivity index (χ0v) is 21.9. The number of hydrogen-bond acceptors (Lipinski definition) is 7. The van der Waals surface area contributed by atoms with E-state index in [1.807, 2.05) is 4.90 Å². The van der Waals surface area contributed by atoms with Gasteiger partial charge in [-0.1, -0.05) is 6.07 Å². The number of amides is 1. The maximum Gasteiger partial charge on any atom is 0.573 e. The summed E-state index contributed by atoms with van der Waals surface area (Å²) >= 11 is 1.36. The predicted octanol–water partition coefficient (Wildman–Crippen LogP) is 5.35. The molecular weight excluding hydrogens is 560 g/mol. The van der Waals surface area contributed by atoms with E-state index in [1.165, 1.54) is 29.5 Å². The normalized spacial score (nSPS) is 16.9. The first-order valence-corrected chi connectivity index (χ1v) is 13.4. The van der Waals surface area contributed by atoms with Crippen molar-refractivity contribution in [1.29, 1.82) is 0 Å². The Hall–Kier alpha value is -3.68. The van der Waals surface area contributed by atoms with Gasteiger partial charge < -0.3 is 24.3 Å². The van der Waals surface area contributed by atoms with Gasteiger partial charge in [0.2, 0.25) is 0 Å². The highest BCUT2D eigenvalue weighted by Crippen LogP contribution is 2.32. The summed E-state index contributed by atoms with van der Waals surface area (Å²) in [4.78, 5) is 25.2. The van der Waals surface area contributed by atoms with E-state index in [-0.39, 0.29) is 11.7 Å². The number of piperazine rings is 2. The van der Waals surface area contributed by atoms with Gasteiger partial charge in [-0.3, -0.25) is 4.79 Å². The third-order valence-corrected chi connectivity index (χ3v) is 7.70. The summed E-state index contributed by atoms with van der Waals surface area (Å²) in [5, 5.41) is 2.42. The molecule has 0 spiro atoms. The fraction of sp³-hybridized carbons (Fsp3) is 0.385. The van der Waals surface area contributed by atoms with Crippen LogP contribution in [-0.2, 0) is 6.18 Å². The van der Waals surface area contributed by atoms with E-state index < -0.39 is 18.1 Å². The number of aromatic nitrogens is 1. The molecule has 214 valence electrons. The highest BCUT2D eigenvalue weighted by molar-refractivity contribution is 7.13. The van der Waals surface area contributed by atoms with Crippen LogP contribution in [-0.4, -0.2) is 74.5 Å². The predicted molar refractivity (Wildman–Crippen MR) is 139 cm³/mol. The topological polar surface area (TPSA) is 52.2 Å². The fourth-order valence-electron chi connectivity index (χ4n) is 4.73. The lowest BCUT2D eigenvalue weighted by molar-refractivity contribution is -0.274. The van der Waals surface area contributed by atoms with Gasteiger partial charge in [0.05, 0.1) is 5.56 Å². The minimum Gasteiger partial charge on any atom is -0.406 e. The SMILES string of the molecule is O=C(c1csc(N2CCN(c3ccc(OC(F)(F)F)cc3)CC2)n1)N1CCN(c2cccc(C(F)(F)F)c2)CC1. The number of rotatable bonds is 5. The maximum atomic E-state index is 13.1. The number of hydrogen-bond donors (Lipinski definition) is 0. The molecule has 0 N–H and O–H groups in total. The van der Waals surface area contributed by atoms with Crippen molar-refractivity contribution in [2.24, 2.45) is 0 Å². The Morgan fingerprint density at radius 3 is 2.00 bits per heavy atom. The number of thiazole rings is 1. The Morgan fingerprint density at radius 1 is 0.775 bits per heavy atom. The van der Waals surface area contributed by atoms with E-state index in [0.717, 1.165) is 17.8 Å². The quantitative estimate of drug-likeness (QED) is 0.377. The third-order valence-electron chi connectivity index (χ3n) is 6.80. The van der Waals surface area contributed by atoms with E-state index in [4.69, 9.17) is 0 Å². The zero-order chi connectivity index (χ0) is 28.5. The molecule has 2 aromatic carbocycles. The molecule has 40 heavy (non-hydrogen) atoms. The number of alkyl halides is 6. The number of anilines is 3. The van der Waals surface area contributed by atoms with E-state index in [9.17, 15) is 31.1 Å². The lowest BCUT2D eigenvalue weighted by atomic mass is 10.1. The van der Waals surface area contributed by atoms with E-state index in [0.29, 0.717) is 68.9 Å². The molecule has 0 radical (unpaired) electrons. The molecule has 0 unspecified atom stereocenters. The fourth-order valence-corrected chi connectivity index (χ4v) is 5.58. The first kappa shape index (κ1) is 27.9. The van der Waals surface area contributed by atoms with Crippen LogP contribution in [0.1, 0.15) is 16.1 Å². The number of ether oxygens (including phenoxy) is 1. The Kier molecular flexibility index (Phi) is 7.71. The minimum absolute atomic E-state index is 0.217. The number of carbonyl (C=O) groups excluding carboxylic acids is 1. The van der Waals surface area contributed by atoms with Crippen LogP contribution in [0, 0.1) is 0 Å². The molecule has 1 amide bonds. The Balaban J connectivity index is 1.13. The van der Waals surface area contributed by atoms with Crippen molar-refractivity contribution >= 4 is 33.8 Å². The average molecular weight is 586 g/mol. The number of benzene rings is 2. The molecule has 3 heterocycles. The first-order chi connectivity index (χ1) is 19.0. The average Bonchev–Trinajstić information content (AvgIpc) is 3.43. The smallest absolute Gasteiger partial charge is 0.406 e. The Bertz CT molecular complexity index is 1310. The van der Waals surface area contributed by atoms with Gasteiger partial charge in [-0.05, 0) is 42.5 Å². The van der Waals surface area contributed by atoms with Gasteiger partial charge in [0.1, 0.15) is 11.4 Å². The van der Waals surface area contributed by atoms with Crippen LogP contribution in [0.4, 0.5) is 42.8 Å². The summed E-state index contributed by atoms with van der Waals surface area (Å²) in [6.07, 6.45) is -9.15. The highest BCUT2D eigenvalue weighted by Gasteiger charge is 2.32. The molecule has 7 nitrogen and oxygen atoms in total. The van der Waals surface area contributed by atoms with Crippen molar-refractivity contribution in [3.8, 4) is 5.75 Å². The van der Waals surface area contributed by atoms with Crippen LogP contribution in [0.15, 0.2) is 53.9 Å². The molecular formula is C26H25F6N5O2S. The molecule has 2 fully saturated rings. The van der Waals surface area contributed by atoms with Gasteiger partial charge in [-0.15, -0.1) is 24.5 Å². The van der Waals surface area contributed by atoms with Gasteiger partial charge in [-0.25, -0.2) is 4.98 Å². The molecule has 5 rings (SSSR count). The Morgan fingerprint density at radius 2 is 1.38 bits per heavy atom.